The van der Waals surface area contributed by atoms with E-state index in [1.54, 1.807) is 0 Å². The zero-order valence-corrected chi connectivity index (χ0v) is 9.98. The van der Waals surface area contributed by atoms with Gasteiger partial charge in [0, 0.05) is 19.7 Å². The number of sulfonamides is 1. The fourth-order valence-electron chi connectivity index (χ4n) is 1.66. The van der Waals surface area contributed by atoms with E-state index in [1.807, 2.05) is 0 Å². The van der Waals surface area contributed by atoms with Crippen molar-refractivity contribution in [2.24, 2.45) is 0 Å². The molecule has 0 aliphatic carbocycles. The maximum atomic E-state index is 11.4. The lowest BCUT2D eigenvalue weighted by atomic mass is 10.2. The molecule has 6 heteroatoms. The molecule has 1 saturated heterocycles. The summed E-state index contributed by atoms with van der Waals surface area (Å²) in [6, 6.07) is 0.482. The minimum atomic E-state index is -3.14. The Bertz CT molecular complexity index is 261. The Kier molecular flexibility index (Phi) is 5.52. The van der Waals surface area contributed by atoms with Crippen LogP contribution in [0.5, 0.6) is 0 Å². The van der Waals surface area contributed by atoms with Crippen LogP contribution in [0.15, 0.2) is 0 Å². The Morgan fingerprint density at radius 1 is 1.53 bits per heavy atom. The van der Waals surface area contributed by atoms with Crippen molar-refractivity contribution >= 4 is 10.0 Å². The second-order valence-corrected chi connectivity index (χ2v) is 5.71. The summed E-state index contributed by atoms with van der Waals surface area (Å²) in [6.07, 6.45) is 3.22. The third-order valence-corrected chi connectivity index (χ3v) is 3.88. The fraction of sp³-hybridized carbons (Fsp3) is 1.00. The maximum absolute atomic E-state index is 11.4. The lowest BCUT2D eigenvalue weighted by molar-refractivity contribution is 0.217. The summed E-state index contributed by atoms with van der Waals surface area (Å²) in [4.78, 5) is 0. The van der Waals surface area contributed by atoms with Gasteiger partial charge in [0.05, 0.1) is 12.4 Å². The molecule has 1 aliphatic rings. The number of ether oxygens (including phenoxy) is 1. The van der Waals surface area contributed by atoms with Gasteiger partial charge in [-0.25, -0.2) is 13.1 Å². The SMILES string of the molecule is COCCS(=O)(=O)NCC[C@@H]1CCCN1. The predicted molar refractivity (Wildman–Crippen MR) is 59.3 cm³/mol. The molecule has 1 fully saturated rings. The highest BCUT2D eigenvalue weighted by molar-refractivity contribution is 7.89. The van der Waals surface area contributed by atoms with E-state index < -0.39 is 10.0 Å². The van der Waals surface area contributed by atoms with E-state index in [0.29, 0.717) is 12.6 Å². The average molecular weight is 236 g/mol. The minimum Gasteiger partial charge on any atom is -0.384 e. The standard InChI is InChI=1S/C9H20N2O3S/c1-14-7-8-15(12,13)11-6-4-9-3-2-5-10-9/h9-11H,2-8H2,1H3/t9-/m0/s1. The van der Waals surface area contributed by atoms with E-state index in [1.165, 1.54) is 13.5 Å². The zero-order chi connectivity index (χ0) is 11.1. The summed E-state index contributed by atoms with van der Waals surface area (Å²) < 4.78 is 30.0. The van der Waals surface area contributed by atoms with Gasteiger partial charge < -0.3 is 10.1 Å². The first-order chi connectivity index (χ1) is 7.14. The first kappa shape index (κ1) is 12.9. The van der Waals surface area contributed by atoms with Gasteiger partial charge in [0.2, 0.25) is 10.0 Å². The molecule has 2 N–H and O–H groups in total. The number of hydrogen-bond donors (Lipinski definition) is 2. The topological polar surface area (TPSA) is 67.4 Å². The van der Waals surface area contributed by atoms with Gasteiger partial charge in [0.1, 0.15) is 0 Å². The van der Waals surface area contributed by atoms with Gasteiger partial charge in [-0.2, -0.15) is 0 Å². The van der Waals surface area contributed by atoms with Crippen molar-refractivity contribution < 1.29 is 13.2 Å². The van der Waals surface area contributed by atoms with E-state index in [4.69, 9.17) is 4.74 Å². The molecular formula is C9H20N2O3S. The van der Waals surface area contributed by atoms with E-state index in [0.717, 1.165) is 19.4 Å². The van der Waals surface area contributed by atoms with Crippen LogP contribution in [-0.2, 0) is 14.8 Å². The Morgan fingerprint density at radius 3 is 2.93 bits per heavy atom. The van der Waals surface area contributed by atoms with Crippen LogP contribution in [0.2, 0.25) is 0 Å². The van der Waals surface area contributed by atoms with Crippen LogP contribution >= 0.6 is 0 Å². The van der Waals surface area contributed by atoms with Gasteiger partial charge in [0.25, 0.3) is 0 Å². The van der Waals surface area contributed by atoms with E-state index >= 15 is 0 Å². The van der Waals surface area contributed by atoms with Gasteiger partial charge in [0.15, 0.2) is 0 Å². The van der Waals surface area contributed by atoms with Crippen LogP contribution in [0.4, 0.5) is 0 Å². The first-order valence-corrected chi connectivity index (χ1v) is 6.99. The summed E-state index contributed by atoms with van der Waals surface area (Å²) in [5.74, 6) is 0.0432. The van der Waals surface area contributed by atoms with Crippen LogP contribution in [0, 0.1) is 0 Å². The van der Waals surface area contributed by atoms with Crippen LogP contribution < -0.4 is 10.0 Å². The lowest BCUT2D eigenvalue weighted by Crippen LogP contribution is -2.32. The van der Waals surface area contributed by atoms with E-state index in [-0.39, 0.29) is 12.4 Å². The Balaban J connectivity index is 2.12. The van der Waals surface area contributed by atoms with Gasteiger partial charge >= 0.3 is 0 Å². The lowest BCUT2D eigenvalue weighted by Gasteiger charge is -2.10. The normalized spacial score (nSPS) is 22.1. The Labute approximate surface area is 91.6 Å². The summed E-state index contributed by atoms with van der Waals surface area (Å²) in [7, 11) is -1.64. The molecule has 90 valence electrons. The van der Waals surface area contributed by atoms with Crippen molar-refractivity contribution in [3.8, 4) is 0 Å². The van der Waals surface area contributed by atoms with Crippen LogP contribution in [0.25, 0.3) is 0 Å². The van der Waals surface area contributed by atoms with Crippen LogP contribution in [0.3, 0.4) is 0 Å². The summed E-state index contributed by atoms with van der Waals surface area (Å²) in [5, 5.41) is 3.33. The number of hydrogen-bond acceptors (Lipinski definition) is 4. The minimum absolute atomic E-state index is 0.0432. The summed E-state index contributed by atoms with van der Waals surface area (Å²) in [5.41, 5.74) is 0. The van der Waals surface area contributed by atoms with Crippen molar-refractivity contribution in [1.29, 1.82) is 0 Å². The molecule has 0 aromatic carbocycles. The molecule has 1 heterocycles. The molecule has 0 saturated carbocycles. The third kappa shape index (κ3) is 5.46. The van der Waals surface area contributed by atoms with Crippen LogP contribution in [-0.4, -0.2) is 47.0 Å². The molecule has 0 amide bonds. The first-order valence-electron chi connectivity index (χ1n) is 5.34. The van der Waals surface area contributed by atoms with Crippen molar-refractivity contribution in [2.75, 3.05) is 32.6 Å². The fourth-order valence-corrected chi connectivity index (χ4v) is 2.62. The smallest absolute Gasteiger partial charge is 0.213 e. The quantitative estimate of drug-likeness (QED) is 0.636. The second kappa shape index (κ2) is 6.42. The van der Waals surface area contributed by atoms with E-state index in [2.05, 4.69) is 10.0 Å². The van der Waals surface area contributed by atoms with Crippen molar-refractivity contribution in [3.63, 3.8) is 0 Å². The highest BCUT2D eigenvalue weighted by atomic mass is 32.2. The van der Waals surface area contributed by atoms with Gasteiger partial charge in [-0.15, -0.1) is 0 Å². The third-order valence-electron chi connectivity index (χ3n) is 2.53. The molecule has 0 spiro atoms. The second-order valence-electron chi connectivity index (χ2n) is 3.79. The average Bonchev–Trinajstić information content (AvgIpc) is 2.67. The molecule has 5 nitrogen and oxygen atoms in total. The monoisotopic (exact) mass is 236 g/mol. The Morgan fingerprint density at radius 2 is 2.33 bits per heavy atom. The van der Waals surface area contributed by atoms with Crippen LogP contribution in [0.1, 0.15) is 19.3 Å². The van der Waals surface area contributed by atoms with Crippen molar-refractivity contribution in [3.05, 3.63) is 0 Å². The van der Waals surface area contributed by atoms with E-state index in [9.17, 15) is 8.42 Å². The highest BCUT2D eigenvalue weighted by Gasteiger charge is 2.15. The molecule has 0 radical (unpaired) electrons. The molecule has 1 atom stereocenters. The van der Waals surface area contributed by atoms with Crippen molar-refractivity contribution in [1.82, 2.24) is 10.0 Å². The zero-order valence-electron chi connectivity index (χ0n) is 9.16. The summed E-state index contributed by atoms with van der Waals surface area (Å²) in [6.45, 7) is 1.82. The molecule has 0 bridgehead atoms. The highest BCUT2D eigenvalue weighted by Crippen LogP contribution is 2.07. The molecule has 0 unspecified atom stereocenters. The predicted octanol–water partition coefficient (Wildman–Crippen LogP) is -0.306. The Hall–Kier alpha value is -0.170. The largest absolute Gasteiger partial charge is 0.384 e. The molecular weight excluding hydrogens is 216 g/mol. The maximum Gasteiger partial charge on any atom is 0.213 e. The van der Waals surface area contributed by atoms with Crippen molar-refractivity contribution in [2.45, 2.75) is 25.3 Å². The molecule has 0 aromatic rings. The van der Waals surface area contributed by atoms with Gasteiger partial charge in [-0.1, -0.05) is 0 Å². The molecule has 1 aliphatic heterocycles. The number of nitrogens with one attached hydrogen (secondary N) is 2. The van der Waals surface area contributed by atoms with Gasteiger partial charge in [-0.05, 0) is 25.8 Å². The molecule has 15 heavy (non-hydrogen) atoms. The van der Waals surface area contributed by atoms with Gasteiger partial charge in [-0.3, -0.25) is 0 Å². The number of rotatable bonds is 7. The summed E-state index contributed by atoms with van der Waals surface area (Å²) >= 11 is 0. The molecule has 1 rings (SSSR count). The molecule has 0 aromatic heterocycles. The number of methoxy groups -OCH3 is 1.